The quantitative estimate of drug-likeness (QED) is 0.658. The first-order valence-corrected chi connectivity index (χ1v) is 4.18. The molecule has 0 amide bonds. The summed E-state index contributed by atoms with van der Waals surface area (Å²) in [5, 5.41) is 7.40. The Labute approximate surface area is 65.4 Å². The van der Waals surface area contributed by atoms with E-state index in [1.54, 1.807) is 11.3 Å². The van der Waals surface area contributed by atoms with Crippen molar-refractivity contribution in [1.82, 2.24) is 0 Å². The van der Waals surface area contributed by atoms with Crippen molar-refractivity contribution in [3.8, 4) is 0 Å². The molecule has 0 aliphatic rings. The second-order valence-electron chi connectivity index (χ2n) is 2.18. The maximum Gasteiger partial charge on any atom is 0.0453 e. The predicted octanol–water partition coefficient (Wildman–Crippen LogP) is 2.73. The zero-order valence-electron chi connectivity index (χ0n) is 6.00. The van der Waals surface area contributed by atoms with Crippen LogP contribution in [0.1, 0.15) is 6.92 Å². The van der Waals surface area contributed by atoms with Crippen LogP contribution < -0.4 is 5.32 Å². The van der Waals surface area contributed by atoms with Gasteiger partial charge in [0.15, 0.2) is 0 Å². The van der Waals surface area contributed by atoms with Crippen LogP contribution in [-0.4, -0.2) is 6.04 Å². The molecule has 0 fully saturated rings. The highest BCUT2D eigenvalue weighted by molar-refractivity contribution is 7.08. The Morgan fingerprint density at radius 3 is 3.10 bits per heavy atom. The van der Waals surface area contributed by atoms with Gasteiger partial charge in [0.25, 0.3) is 0 Å². The zero-order chi connectivity index (χ0) is 7.40. The molecule has 1 aromatic rings. The van der Waals surface area contributed by atoms with E-state index in [9.17, 15) is 0 Å². The number of thiophene rings is 1. The molecule has 1 atom stereocenters. The van der Waals surface area contributed by atoms with Gasteiger partial charge in [0.2, 0.25) is 0 Å². The second kappa shape index (κ2) is 3.42. The van der Waals surface area contributed by atoms with Crippen LogP contribution >= 0.6 is 11.3 Å². The molecule has 0 radical (unpaired) electrons. The summed E-state index contributed by atoms with van der Waals surface area (Å²) in [5.41, 5.74) is 1.18. The SMILES string of the molecule is C=CC(C)Nc1ccsc1. The van der Waals surface area contributed by atoms with E-state index >= 15 is 0 Å². The highest BCUT2D eigenvalue weighted by Gasteiger charge is 1.94. The van der Waals surface area contributed by atoms with Crippen molar-refractivity contribution in [1.29, 1.82) is 0 Å². The van der Waals surface area contributed by atoms with E-state index in [0.717, 1.165) is 0 Å². The van der Waals surface area contributed by atoms with Crippen LogP contribution in [0.25, 0.3) is 0 Å². The van der Waals surface area contributed by atoms with E-state index in [2.05, 4.69) is 35.6 Å². The highest BCUT2D eigenvalue weighted by atomic mass is 32.1. The summed E-state index contributed by atoms with van der Waals surface area (Å²) in [7, 11) is 0. The lowest BCUT2D eigenvalue weighted by molar-refractivity contribution is 1.00. The monoisotopic (exact) mass is 153 g/mol. The lowest BCUT2D eigenvalue weighted by Crippen LogP contribution is -2.09. The van der Waals surface area contributed by atoms with Gasteiger partial charge in [-0.25, -0.2) is 0 Å². The van der Waals surface area contributed by atoms with E-state index in [4.69, 9.17) is 0 Å². The van der Waals surface area contributed by atoms with Crippen LogP contribution in [0.15, 0.2) is 29.5 Å². The van der Waals surface area contributed by atoms with Crippen LogP contribution in [0.3, 0.4) is 0 Å². The summed E-state index contributed by atoms with van der Waals surface area (Å²) < 4.78 is 0. The Morgan fingerprint density at radius 1 is 1.80 bits per heavy atom. The molecule has 0 saturated carbocycles. The van der Waals surface area contributed by atoms with E-state index in [0.29, 0.717) is 6.04 Å². The topological polar surface area (TPSA) is 12.0 Å². The summed E-state index contributed by atoms with van der Waals surface area (Å²) >= 11 is 1.70. The lowest BCUT2D eigenvalue weighted by atomic mass is 10.3. The molecular weight excluding hydrogens is 142 g/mol. The van der Waals surface area contributed by atoms with Gasteiger partial charge in [0.1, 0.15) is 0 Å². The number of anilines is 1. The van der Waals surface area contributed by atoms with Crippen molar-refractivity contribution < 1.29 is 0 Å². The lowest BCUT2D eigenvalue weighted by Gasteiger charge is -2.06. The van der Waals surface area contributed by atoms with E-state index < -0.39 is 0 Å². The van der Waals surface area contributed by atoms with E-state index in [1.807, 2.05) is 6.08 Å². The summed E-state index contributed by atoms with van der Waals surface area (Å²) in [6.45, 7) is 5.76. The van der Waals surface area contributed by atoms with Gasteiger partial charge in [-0.2, -0.15) is 11.3 Å². The molecule has 0 aromatic carbocycles. The van der Waals surface area contributed by atoms with Crippen LogP contribution in [0.5, 0.6) is 0 Å². The zero-order valence-corrected chi connectivity index (χ0v) is 6.82. The summed E-state index contributed by atoms with van der Waals surface area (Å²) in [4.78, 5) is 0. The van der Waals surface area contributed by atoms with Crippen LogP contribution in [0.2, 0.25) is 0 Å². The van der Waals surface area contributed by atoms with Crippen molar-refractivity contribution in [2.45, 2.75) is 13.0 Å². The average Bonchev–Trinajstić information content (AvgIpc) is 2.40. The molecule has 0 saturated heterocycles. The minimum Gasteiger partial charge on any atom is -0.378 e. The third kappa shape index (κ3) is 1.88. The predicted molar refractivity (Wildman–Crippen MR) is 47.6 cm³/mol. The molecule has 1 nitrogen and oxygen atoms in total. The molecule has 0 aliphatic carbocycles. The van der Waals surface area contributed by atoms with Crippen molar-refractivity contribution in [3.63, 3.8) is 0 Å². The van der Waals surface area contributed by atoms with Crippen LogP contribution in [0.4, 0.5) is 5.69 Å². The minimum atomic E-state index is 0.356. The van der Waals surface area contributed by atoms with Gasteiger partial charge < -0.3 is 5.32 Å². The molecule has 0 spiro atoms. The first kappa shape index (κ1) is 7.35. The van der Waals surface area contributed by atoms with Crippen molar-refractivity contribution in [2.75, 3.05) is 5.32 Å². The fraction of sp³-hybridized carbons (Fsp3) is 0.250. The molecule has 1 heterocycles. The first-order chi connectivity index (χ1) is 4.83. The molecule has 0 bridgehead atoms. The van der Waals surface area contributed by atoms with E-state index in [-0.39, 0.29) is 0 Å². The Hall–Kier alpha value is -0.760. The molecular formula is C8H11NS. The Kier molecular flexibility index (Phi) is 2.51. The number of rotatable bonds is 3. The van der Waals surface area contributed by atoms with Crippen molar-refractivity contribution in [2.24, 2.45) is 0 Å². The Bertz CT molecular complexity index is 191. The van der Waals surface area contributed by atoms with Crippen LogP contribution in [0, 0.1) is 0 Å². The largest absolute Gasteiger partial charge is 0.378 e. The molecule has 2 heteroatoms. The summed E-state index contributed by atoms with van der Waals surface area (Å²) in [5.74, 6) is 0. The Morgan fingerprint density at radius 2 is 2.60 bits per heavy atom. The fourth-order valence-electron chi connectivity index (χ4n) is 0.668. The molecule has 54 valence electrons. The Balaban J connectivity index is 2.47. The van der Waals surface area contributed by atoms with Crippen molar-refractivity contribution in [3.05, 3.63) is 29.5 Å². The maximum absolute atomic E-state index is 3.68. The van der Waals surface area contributed by atoms with Crippen LogP contribution in [-0.2, 0) is 0 Å². The van der Waals surface area contributed by atoms with Gasteiger partial charge >= 0.3 is 0 Å². The molecule has 0 aliphatic heterocycles. The number of nitrogens with one attached hydrogen (secondary N) is 1. The smallest absolute Gasteiger partial charge is 0.0453 e. The van der Waals surface area contributed by atoms with Gasteiger partial charge in [0, 0.05) is 17.1 Å². The van der Waals surface area contributed by atoms with Gasteiger partial charge in [-0.05, 0) is 18.4 Å². The summed E-state index contributed by atoms with van der Waals surface area (Å²) in [6, 6.07) is 2.42. The molecule has 1 rings (SSSR count). The maximum atomic E-state index is 3.68. The first-order valence-electron chi connectivity index (χ1n) is 3.24. The standard InChI is InChI=1S/C8H11NS/c1-3-7(2)9-8-4-5-10-6-8/h3-7,9H,1H2,2H3. The minimum absolute atomic E-state index is 0.356. The summed E-state index contributed by atoms with van der Waals surface area (Å²) in [6.07, 6.45) is 1.89. The van der Waals surface area contributed by atoms with Gasteiger partial charge in [0.05, 0.1) is 0 Å². The highest BCUT2D eigenvalue weighted by Crippen LogP contribution is 2.12. The molecule has 1 unspecified atom stereocenters. The van der Waals surface area contributed by atoms with E-state index in [1.165, 1.54) is 5.69 Å². The van der Waals surface area contributed by atoms with Gasteiger partial charge in [-0.1, -0.05) is 6.08 Å². The third-order valence-corrected chi connectivity index (χ3v) is 1.95. The van der Waals surface area contributed by atoms with Gasteiger partial charge in [-0.3, -0.25) is 0 Å². The molecule has 10 heavy (non-hydrogen) atoms. The molecule has 1 N–H and O–H groups in total. The number of hydrogen-bond acceptors (Lipinski definition) is 2. The molecule has 1 aromatic heterocycles. The third-order valence-electron chi connectivity index (χ3n) is 1.27. The number of hydrogen-bond donors (Lipinski definition) is 1. The second-order valence-corrected chi connectivity index (χ2v) is 2.96. The normalized spacial score (nSPS) is 12.5. The van der Waals surface area contributed by atoms with Crippen molar-refractivity contribution >= 4 is 17.0 Å². The average molecular weight is 153 g/mol. The fourth-order valence-corrected chi connectivity index (χ4v) is 1.27. The van der Waals surface area contributed by atoms with Gasteiger partial charge in [-0.15, -0.1) is 6.58 Å².